The third kappa shape index (κ3) is 4.36. The number of esters is 1. The van der Waals surface area contributed by atoms with Crippen molar-refractivity contribution in [2.75, 3.05) is 20.3 Å². The normalized spacial score (nSPS) is 22.4. The van der Waals surface area contributed by atoms with E-state index >= 15 is 0 Å². The molecule has 0 bridgehead atoms. The van der Waals surface area contributed by atoms with Gasteiger partial charge in [-0.3, -0.25) is 4.98 Å². The highest BCUT2D eigenvalue weighted by Crippen LogP contribution is 2.41. The molecule has 0 saturated carbocycles. The van der Waals surface area contributed by atoms with Gasteiger partial charge in [0, 0.05) is 24.9 Å². The van der Waals surface area contributed by atoms with Crippen molar-refractivity contribution in [1.82, 2.24) is 15.2 Å². The maximum atomic E-state index is 11.7. The van der Waals surface area contributed by atoms with Crippen LogP contribution < -0.4 is 5.32 Å². The van der Waals surface area contributed by atoms with Crippen molar-refractivity contribution in [3.8, 4) is 11.3 Å². The van der Waals surface area contributed by atoms with E-state index in [1.807, 2.05) is 42.5 Å². The Morgan fingerprint density at radius 1 is 1.21 bits per heavy atom. The lowest BCUT2D eigenvalue weighted by Gasteiger charge is -2.28. The minimum absolute atomic E-state index is 0.138. The molecule has 0 radical (unpaired) electrons. The topological polar surface area (TPSA) is 76.8 Å². The van der Waals surface area contributed by atoms with Crippen LogP contribution >= 0.6 is 12.2 Å². The Balaban J connectivity index is 1.46. The molecule has 3 atom stereocenters. The van der Waals surface area contributed by atoms with E-state index in [2.05, 4.69) is 15.2 Å². The predicted octanol–water partition coefficient (Wildman–Crippen LogP) is 4.28. The fourth-order valence-corrected chi connectivity index (χ4v) is 4.79. The number of benzene rings is 1. The molecule has 2 aliphatic heterocycles. The molecule has 1 N–H and O–H groups in total. The number of nitrogens with zero attached hydrogens (tertiary/aromatic N) is 2. The zero-order valence-corrected chi connectivity index (χ0v) is 19.1. The first-order chi connectivity index (χ1) is 16.1. The molecule has 5 rings (SSSR count). The number of ether oxygens (including phenoxy) is 2. The smallest absolute Gasteiger partial charge is 0.337 e. The largest absolute Gasteiger partial charge is 0.465 e. The third-order valence-electron chi connectivity index (χ3n) is 6.13. The fraction of sp³-hybridized carbons (Fsp3) is 0.320. The van der Waals surface area contributed by atoms with Crippen LogP contribution in [-0.4, -0.2) is 47.3 Å². The van der Waals surface area contributed by atoms with Crippen molar-refractivity contribution in [1.29, 1.82) is 0 Å². The Morgan fingerprint density at radius 3 is 2.76 bits per heavy atom. The Kier molecular flexibility index (Phi) is 6.11. The Bertz CT molecular complexity index is 1130. The number of aromatic nitrogens is 1. The number of hydrogen-bond acceptors (Lipinski definition) is 6. The van der Waals surface area contributed by atoms with Gasteiger partial charge >= 0.3 is 5.97 Å². The Morgan fingerprint density at radius 2 is 2.06 bits per heavy atom. The number of pyridine rings is 1. The van der Waals surface area contributed by atoms with Gasteiger partial charge in [0.25, 0.3) is 0 Å². The van der Waals surface area contributed by atoms with Crippen LogP contribution in [0.1, 0.15) is 46.7 Å². The standard InChI is InChI=1S/C25H25N3O4S/c1-30-24(29)17-9-7-16(8-10-17)20-11-12-21(32-20)23-22(19-6-2-3-13-26-19)27-25(33)28(23)15-18-5-4-14-31-18/h2-3,6-13,18,22-23H,4-5,14-15H2,1H3,(H,27,33)/t18-,22-,23-/m1/s1. The van der Waals surface area contributed by atoms with Crippen LogP contribution in [-0.2, 0) is 9.47 Å². The average Bonchev–Trinajstić information content (AvgIpc) is 3.61. The number of carbonyl (C=O) groups is 1. The summed E-state index contributed by atoms with van der Waals surface area (Å²) in [4.78, 5) is 18.5. The molecule has 7 nitrogen and oxygen atoms in total. The second-order valence-electron chi connectivity index (χ2n) is 8.18. The number of rotatable bonds is 6. The molecule has 2 aromatic heterocycles. The van der Waals surface area contributed by atoms with Crippen molar-refractivity contribution in [2.24, 2.45) is 0 Å². The molecular weight excluding hydrogens is 438 g/mol. The van der Waals surface area contributed by atoms with E-state index in [0.29, 0.717) is 17.2 Å². The second kappa shape index (κ2) is 9.33. The summed E-state index contributed by atoms with van der Waals surface area (Å²) in [6.07, 6.45) is 4.03. The van der Waals surface area contributed by atoms with Crippen LogP contribution in [0.3, 0.4) is 0 Å². The zero-order valence-electron chi connectivity index (χ0n) is 18.3. The molecule has 0 aliphatic carbocycles. The Labute approximate surface area is 197 Å². The summed E-state index contributed by atoms with van der Waals surface area (Å²) in [5, 5.41) is 4.12. The highest BCUT2D eigenvalue weighted by Gasteiger charge is 2.42. The molecular formula is C25H25N3O4S. The average molecular weight is 464 g/mol. The van der Waals surface area contributed by atoms with E-state index < -0.39 is 0 Å². The van der Waals surface area contributed by atoms with E-state index in [4.69, 9.17) is 26.1 Å². The highest BCUT2D eigenvalue weighted by molar-refractivity contribution is 7.80. The van der Waals surface area contributed by atoms with Gasteiger partial charge in [0.1, 0.15) is 17.6 Å². The Hall–Kier alpha value is -3.23. The first-order valence-corrected chi connectivity index (χ1v) is 11.4. The molecule has 8 heteroatoms. The van der Waals surface area contributed by atoms with E-state index in [-0.39, 0.29) is 24.2 Å². The summed E-state index contributed by atoms with van der Waals surface area (Å²) in [7, 11) is 1.37. The molecule has 33 heavy (non-hydrogen) atoms. The summed E-state index contributed by atoms with van der Waals surface area (Å²) in [5.74, 6) is 1.15. The lowest BCUT2D eigenvalue weighted by Crippen LogP contribution is -2.36. The molecule has 2 aliphatic rings. The van der Waals surface area contributed by atoms with Crippen LogP contribution in [0.15, 0.2) is 65.2 Å². The summed E-state index contributed by atoms with van der Waals surface area (Å²) >= 11 is 5.73. The van der Waals surface area contributed by atoms with Crippen LogP contribution in [0.2, 0.25) is 0 Å². The SMILES string of the molecule is COC(=O)c1ccc(-c2ccc([C@@H]3[C@@H](c4ccccn4)NC(=S)N3C[C@H]3CCCO3)o2)cc1. The third-order valence-corrected chi connectivity index (χ3v) is 6.48. The quantitative estimate of drug-likeness (QED) is 0.429. The number of nitrogens with one attached hydrogen (secondary N) is 1. The van der Waals surface area contributed by atoms with E-state index in [1.165, 1.54) is 7.11 Å². The van der Waals surface area contributed by atoms with Crippen molar-refractivity contribution in [2.45, 2.75) is 31.0 Å². The fourth-order valence-electron chi connectivity index (χ4n) is 4.47. The van der Waals surface area contributed by atoms with Gasteiger partial charge in [-0.2, -0.15) is 0 Å². The second-order valence-corrected chi connectivity index (χ2v) is 8.57. The van der Waals surface area contributed by atoms with Crippen molar-refractivity contribution >= 4 is 23.3 Å². The number of methoxy groups -OCH3 is 1. The molecule has 2 saturated heterocycles. The number of furan rings is 1. The van der Waals surface area contributed by atoms with E-state index in [9.17, 15) is 4.79 Å². The molecule has 1 aromatic carbocycles. The van der Waals surface area contributed by atoms with Gasteiger partial charge in [0.05, 0.1) is 30.5 Å². The number of thiocarbonyl (C=S) groups is 1. The molecule has 0 unspecified atom stereocenters. The maximum absolute atomic E-state index is 11.7. The maximum Gasteiger partial charge on any atom is 0.337 e. The van der Waals surface area contributed by atoms with Crippen LogP contribution in [0.4, 0.5) is 0 Å². The molecule has 4 heterocycles. The van der Waals surface area contributed by atoms with Gasteiger partial charge in [-0.25, -0.2) is 4.79 Å². The van der Waals surface area contributed by atoms with Crippen molar-refractivity contribution in [3.63, 3.8) is 0 Å². The highest BCUT2D eigenvalue weighted by atomic mass is 32.1. The summed E-state index contributed by atoms with van der Waals surface area (Å²) in [5.41, 5.74) is 2.28. The van der Waals surface area contributed by atoms with E-state index in [1.54, 1.807) is 18.3 Å². The predicted molar refractivity (Wildman–Crippen MR) is 127 cm³/mol. The van der Waals surface area contributed by atoms with Gasteiger partial charge < -0.3 is 24.1 Å². The molecule has 0 spiro atoms. The van der Waals surface area contributed by atoms with Crippen LogP contribution in [0.5, 0.6) is 0 Å². The molecule has 2 fully saturated rings. The minimum atomic E-state index is -0.366. The van der Waals surface area contributed by atoms with Crippen molar-refractivity contribution < 1.29 is 18.7 Å². The van der Waals surface area contributed by atoms with Crippen LogP contribution in [0.25, 0.3) is 11.3 Å². The summed E-state index contributed by atoms with van der Waals surface area (Å²) in [6.45, 7) is 1.49. The lowest BCUT2D eigenvalue weighted by molar-refractivity contribution is 0.0600. The monoisotopic (exact) mass is 463 g/mol. The summed E-state index contributed by atoms with van der Waals surface area (Å²) in [6, 6.07) is 16.7. The molecule has 0 amide bonds. The van der Waals surface area contributed by atoms with Gasteiger partial charge in [-0.05, 0) is 61.5 Å². The zero-order chi connectivity index (χ0) is 22.8. The lowest BCUT2D eigenvalue weighted by atomic mass is 10.0. The van der Waals surface area contributed by atoms with Crippen molar-refractivity contribution in [3.05, 3.63) is 77.8 Å². The molecule has 3 aromatic rings. The van der Waals surface area contributed by atoms with Gasteiger partial charge in [0.15, 0.2) is 5.11 Å². The minimum Gasteiger partial charge on any atom is -0.465 e. The van der Waals surface area contributed by atoms with Gasteiger partial charge in [-0.15, -0.1) is 0 Å². The first kappa shape index (κ1) is 21.6. The summed E-state index contributed by atoms with van der Waals surface area (Å²) < 4.78 is 17.0. The van der Waals surface area contributed by atoms with E-state index in [0.717, 1.165) is 42.2 Å². The molecule has 170 valence electrons. The van der Waals surface area contributed by atoms with Gasteiger partial charge in [-0.1, -0.05) is 18.2 Å². The number of hydrogen-bond donors (Lipinski definition) is 1. The number of carbonyl (C=O) groups excluding carboxylic acids is 1. The van der Waals surface area contributed by atoms with Crippen LogP contribution in [0, 0.1) is 0 Å². The van der Waals surface area contributed by atoms with Gasteiger partial charge in [0.2, 0.25) is 0 Å². The first-order valence-electron chi connectivity index (χ1n) is 11.0.